The first-order valence-electron chi connectivity index (χ1n) is 11.5. The van der Waals surface area contributed by atoms with E-state index in [9.17, 15) is 14.0 Å². The molecule has 1 saturated heterocycles. The van der Waals surface area contributed by atoms with Crippen molar-refractivity contribution >= 4 is 17.5 Å². The van der Waals surface area contributed by atoms with Crippen LogP contribution < -0.4 is 20.3 Å². The van der Waals surface area contributed by atoms with Crippen LogP contribution in [0.2, 0.25) is 0 Å². The monoisotopic (exact) mass is 480 g/mol. The summed E-state index contributed by atoms with van der Waals surface area (Å²) in [4.78, 5) is 29.2. The van der Waals surface area contributed by atoms with Crippen molar-refractivity contribution in [2.45, 2.75) is 12.6 Å². The molecular weight excluding hydrogens is 451 g/mol. The fraction of sp³-hybridized carbons (Fsp3) is 0.308. The summed E-state index contributed by atoms with van der Waals surface area (Å²) in [5, 5.41) is 5.29. The second-order valence-electron chi connectivity index (χ2n) is 8.27. The highest BCUT2D eigenvalue weighted by Gasteiger charge is 2.28. The van der Waals surface area contributed by atoms with Crippen LogP contribution in [0.3, 0.4) is 0 Å². The molecule has 35 heavy (non-hydrogen) atoms. The van der Waals surface area contributed by atoms with E-state index in [4.69, 9.17) is 9.15 Å². The molecule has 8 nitrogen and oxygen atoms in total. The lowest BCUT2D eigenvalue weighted by Gasteiger charge is -2.39. The Morgan fingerprint density at radius 2 is 1.66 bits per heavy atom. The standard InChI is InChI=1S/C26H29FN4O4/c1-34-22-10-8-21(9-11-22)30-12-14-31(15-13-30)23(24-3-2-16-35-24)18-29-26(33)25(32)28-17-19-4-6-20(27)7-5-19/h2-11,16,23H,12-15,17-18H2,1H3,(H,28,32)(H,29,33)/t23-/m1/s1. The molecule has 1 aliphatic heterocycles. The summed E-state index contributed by atoms with van der Waals surface area (Å²) >= 11 is 0. The van der Waals surface area contributed by atoms with E-state index in [0.29, 0.717) is 5.56 Å². The minimum absolute atomic E-state index is 0.140. The smallest absolute Gasteiger partial charge is 0.309 e. The number of methoxy groups -OCH3 is 1. The molecule has 4 rings (SSSR count). The van der Waals surface area contributed by atoms with Crippen molar-refractivity contribution in [1.82, 2.24) is 15.5 Å². The number of rotatable bonds is 8. The van der Waals surface area contributed by atoms with E-state index >= 15 is 0 Å². The molecule has 0 unspecified atom stereocenters. The summed E-state index contributed by atoms with van der Waals surface area (Å²) in [7, 11) is 1.65. The van der Waals surface area contributed by atoms with Gasteiger partial charge in [-0.2, -0.15) is 0 Å². The van der Waals surface area contributed by atoms with Gasteiger partial charge in [0.15, 0.2) is 0 Å². The molecule has 2 aromatic carbocycles. The third-order valence-corrected chi connectivity index (χ3v) is 6.09. The number of nitrogens with one attached hydrogen (secondary N) is 2. The second-order valence-corrected chi connectivity index (χ2v) is 8.27. The van der Waals surface area contributed by atoms with Crippen LogP contribution in [0, 0.1) is 5.82 Å². The van der Waals surface area contributed by atoms with E-state index in [1.807, 2.05) is 36.4 Å². The molecule has 2 N–H and O–H groups in total. The first-order chi connectivity index (χ1) is 17.0. The second kappa shape index (κ2) is 11.5. The Morgan fingerprint density at radius 1 is 0.971 bits per heavy atom. The van der Waals surface area contributed by atoms with Gasteiger partial charge in [0.05, 0.1) is 19.4 Å². The highest BCUT2D eigenvalue weighted by atomic mass is 19.1. The van der Waals surface area contributed by atoms with Gasteiger partial charge in [-0.1, -0.05) is 12.1 Å². The van der Waals surface area contributed by atoms with Crippen LogP contribution in [-0.2, 0) is 16.1 Å². The molecule has 0 radical (unpaired) electrons. The number of benzene rings is 2. The van der Waals surface area contributed by atoms with E-state index in [1.165, 1.54) is 12.1 Å². The summed E-state index contributed by atoms with van der Waals surface area (Å²) in [5.74, 6) is -0.262. The average Bonchev–Trinajstić information content (AvgIpc) is 3.43. The lowest BCUT2D eigenvalue weighted by Crippen LogP contribution is -2.50. The largest absolute Gasteiger partial charge is 0.497 e. The van der Waals surface area contributed by atoms with Crippen LogP contribution >= 0.6 is 0 Å². The van der Waals surface area contributed by atoms with Crippen molar-refractivity contribution in [3.05, 3.63) is 84.1 Å². The molecule has 184 valence electrons. The number of anilines is 1. The third kappa shape index (κ3) is 6.39. The lowest BCUT2D eigenvalue weighted by atomic mass is 10.1. The molecule has 0 spiro atoms. The summed E-state index contributed by atoms with van der Waals surface area (Å²) in [6.45, 7) is 3.54. The van der Waals surface area contributed by atoms with Gasteiger partial charge in [-0.3, -0.25) is 14.5 Å². The topological polar surface area (TPSA) is 87.0 Å². The Morgan fingerprint density at radius 3 is 2.29 bits per heavy atom. The quantitative estimate of drug-likeness (QED) is 0.482. The van der Waals surface area contributed by atoms with Gasteiger partial charge < -0.3 is 24.7 Å². The Labute approximate surface area is 203 Å². The van der Waals surface area contributed by atoms with Crippen molar-refractivity contribution in [3.63, 3.8) is 0 Å². The predicted molar refractivity (Wildman–Crippen MR) is 129 cm³/mol. The molecule has 0 bridgehead atoms. The van der Waals surface area contributed by atoms with Gasteiger partial charge >= 0.3 is 11.8 Å². The number of hydrogen-bond acceptors (Lipinski definition) is 6. The van der Waals surface area contributed by atoms with E-state index in [-0.39, 0.29) is 24.9 Å². The minimum Gasteiger partial charge on any atom is -0.497 e. The van der Waals surface area contributed by atoms with Crippen molar-refractivity contribution in [3.8, 4) is 5.75 Å². The maximum Gasteiger partial charge on any atom is 0.309 e. The lowest BCUT2D eigenvalue weighted by molar-refractivity contribution is -0.139. The number of furan rings is 1. The molecule has 9 heteroatoms. The zero-order valence-electron chi connectivity index (χ0n) is 19.6. The van der Waals surface area contributed by atoms with Crippen molar-refractivity contribution in [2.75, 3.05) is 44.7 Å². The van der Waals surface area contributed by atoms with Gasteiger partial charge in [-0.05, 0) is 54.1 Å². The number of carbonyl (C=O) groups is 2. The number of halogens is 1. The molecule has 2 amide bonds. The van der Waals surface area contributed by atoms with Gasteiger partial charge in [0.1, 0.15) is 17.3 Å². The zero-order chi connectivity index (χ0) is 24.6. The van der Waals surface area contributed by atoms with Crippen LogP contribution in [0.25, 0.3) is 0 Å². The zero-order valence-corrected chi connectivity index (χ0v) is 19.6. The highest BCUT2D eigenvalue weighted by Crippen LogP contribution is 2.25. The van der Waals surface area contributed by atoms with Gasteiger partial charge in [-0.15, -0.1) is 0 Å². The van der Waals surface area contributed by atoms with E-state index < -0.39 is 11.8 Å². The van der Waals surface area contributed by atoms with Crippen LogP contribution in [0.15, 0.2) is 71.3 Å². The molecule has 1 fully saturated rings. The maximum atomic E-state index is 13.0. The molecular formula is C26H29FN4O4. The van der Waals surface area contributed by atoms with Gasteiger partial charge in [0, 0.05) is 45.0 Å². The van der Waals surface area contributed by atoms with Gasteiger partial charge in [0.25, 0.3) is 0 Å². The molecule has 1 aromatic heterocycles. The summed E-state index contributed by atoms with van der Waals surface area (Å²) in [6, 6.07) is 17.2. The average molecular weight is 481 g/mol. The Bertz CT molecular complexity index is 1100. The van der Waals surface area contributed by atoms with Crippen LogP contribution in [-0.4, -0.2) is 56.5 Å². The van der Waals surface area contributed by atoms with Crippen molar-refractivity contribution < 1.29 is 23.1 Å². The van der Waals surface area contributed by atoms with Crippen LogP contribution in [0.5, 0.6) is 5.75 Å². The van der Waals surface area contributed by atoms with Gasteiger partial charge in [-0.25, -0.2) is 4.39 Å². The molecule has 1 aliphatic rings. The van der Waals surface area contributed by atoms with E-state index in [1.54, 1.807) is 25.5 Å². The first-order valence-corrected chi connectivity index (χ1v) is 11.5. The summed E-state index contributed by atoms with van der Waals surface area (Å²) < 4.78 is 23.9. The number of ether oxygens (including phenoxy) is 1. The predicted octanol–water partition coefficient (Wildman–Crippen LogP) is 2.72. The summed E-state index contributed by atoms with van der Waals surface area (Å²) in [6.07, 6.45) is 1.60. The summed E-state index contributed by atoms with van der Waals surface area (Å²) in [5.41, 5.74) is 1.84. The Kier molecular flexibility index (Phi) is 7.99. The fourth-order valence-electron chi connectivity index (χ4n) is 4.11. The van der Waals surface area contributed by atoms with Gasteiger partial charge in [0.2, 0.25) is 0 Å². The van der Waals surface area contributed by atoms with Crippen molar-refractivity contribution in [1.29, 1.82) is 0 Å². The number of piperazine rings is 1. The highest BCUT2D eigenvalue weighted by molar-refractivity contribution is 6.35. The SMILES string of the molecule is COc1ccc(N2CCN([C@H](CNC(=O)C(=O)NCc3ccc(F)cc3)c3ccco3)CC2)cc1. The van der Waals surface area contributed by atoms with Crippen LogP contribution in [0.1, 0.15) is 17.4 Å². The maximum absolute atomic E-state index is 13.0. The number of hydrogen-bond donors (Lipinski definition) is 2. The normalized spacial score (nSPS) is 14.9. The molecule has 1 atom stereocenters. The molecule has 2 heterocycles. The number of nitrogens with zero attached hydrogens (tertiary/aromatic N) is 2. The van der Waals surface area contributed by atoms with E-state index in [2.05, 4.69) is 20.4 Å². The Balaban J connectivity index is 1.31. The number of amides is 2. The minimum atomic E-state index is -0.739. The first kappa shape index (κ1) is 24.3. The molecule has 0 saturated carbocycles. The Hall–Kier alpha value is -3.85. The van der Waals surface area contributed by atoms with Crippen molar-refractivity contribution in [2.24, 2.45) is 0 Å². The third-order valence-electron chi connectivity index (χ3n) is 6.09. The van der Waals surface area contributed by atoms with Crippen LogP contribution in [0.4, 0.5) is 10.1 Å². The molecule has 0 aliphatic carbocycles. The molecule has 3 aromatic rings. The fourth-order valence-corrected chi connectivity index (χ4v) is 4.11. The van der Waals surface area contributed by atoms with E-state index in [0.717, 1.165) is 43.4 Å². The number of carbonyl (C=O) groups excluding carboxylic acids is 2.